The molecule has 0 aliphatic heterocycles. The van der Waals surface area contributed by atoms with Gasteiger partial charge in [-0.05, 0) is 25.0 Å². The molecule has 0 radical (unpaired) electrons. The Morgan fingerprint density at radius 1 is 1.27 bits per heavy atom. The van der Waals surface area contributed by atoms with Crippen LogP contribution in [0.4, 0.5) is 0 Å². The van der Waals surface area contributed by atoms with Crippen molar-refractivity contribution in [2.24, 2.45) is 0 Å². The van der Waals surface area contributed by atoms with Crippen LogP contribution >= 0.6 is 11.8 Å². The first kappa shape index (κ1) is 15.5. The number of aromatic nitrogens is 4. The van der Waals surface area contributed by atoms with Gasteiger partial charge in [-0.15, -0.1) is 5.10 Å². The van der Waals surface area contributed by atoms with Gasteiger partial charge in [0.15, 0.2) is 5.82 Å². The summed E-state index contributed by atoms with van der Waals surface area (Å²) in [6.07, 6.45) is 9.09. The van der Waals surface area contributed by atoms with Crippen molar-refractivity contribution in [3.8, 4) is 11.4 Å². The zero-order valence-electron chi connectivity index (χ0n) is 12.4. The normalized spacial score (nSPS) is 17.5. The molecule has 1 saturated carbocycles. The molecule has 3 rings (SSSR count). The molecule has 1 atom stereocenters. The summed E-state index contributed by atoms with van der Waals surface area (Å²) in [5, 5.41) is 21.1. The fraction of sp³-hybridized carbons (Fsp3) is 0.533. The quantitative estimate of drug-likeness (QED) is 0.559. The van der Waals surface area contributed by atoms with Gasteiger partial charge in [0.25, 0.3) is 0 Å². The molecular formula is C15H21N5OS. The third-order valence-corrected chi connectivity index (χ3v) is 4.75. The maximum absolute atomic E-state index is 10.1. The van der Waals surface area contributed by atoms with Crippen LogP contribution in [0.2, 0.25) is 0 Å². The number of thioether (sulfide) groups is 1. The van der Waals surface area contributed by atoms with E-state index in [-0.39, 0.29) is 0 Å². The fourth-order valence-corrected chi connectivity index (χ4v) is 3.36. The summed E-state index contributed by atoms with van der Waals surface area (Å²) in [6.45, 7) is 0. The minimum Gasteiger partial charge on any atom is -0.378 e. The molecular weight excluding hydrogens is 298 g/mol. The van der Waals surface area contributed by atoms with Crippen LogP contribution < -0.4 is 5.32 Å². The number of aliphatic hydroxyl groups excluding tert-OH is 1. The number of hydrogen-bond acceptors (Lipinski definition) is 6. The van der Waals surface area contributed by atoms with Crippen LogP contribution in [0.1, 0.15) is 32.1 Å². The molecule has 1 unspecified atom stereocenters. The van der Waals surface area contributed by atoms with E-state index < -0.39 is 6.23 Å². The van der Waals surface area contributed by atoms with Crippen molar-refractivity contribution in [2.75, 3.05) is 5.75 Å². The topological polar surface area (TPSA) is 86.7 Å². The first-order chi connectivity index (χ1) is 10.8. The lowest BCUT2D eigenvalue weighted by Gasteiger charge is -2.25. The summed E-state index contributed by atoms with van der Waals surface area (Å²) < 4.78 is 0. The monoisotopic (exact) mass is 319 g/mol. The van der Waals surface area contributed by atoms with Crippen molar-refractivity contribution in [3.05, 3.63) is 24.5 Å². The van der Waals surface area contributed by atoms with E-state index in [0.29, 0.717) is 17.0 Å². The second kappa shape index (κ2) is 7.71. The van der Waals surface area contributed by atoms with E-state index in [1.807, 2.05) is 12.1 Å². The molecule has 22 heavy (non-hydrogen) atoms. The molecule has 0 saturated heterocycles. The second-order valence-electron chi connectivity index (χ2n) is 5.53. The number of aliphatic hydroxyl groups is 1. The molecule has 2 heterocycles. The SMILES string of the molecule is OC(CSc1n[nH]c(-c2ccncc2)n1)NC1CCCCC1. The van der Waals surface area contributed by atoms with E-state index in [4.69, 9.17) is 0 Å². The third-order valence-electron chi connectivity index (χ3n) is 3.82. The van der Waals surface area contributed by atoms with Gasteiger partial charge < -0.3 is 5.11 Å². The summed E-state index contributed by atoms with van der Waals surface area (Å²) in [6, 6.07) is 4.21. The van der Waals surface area contributed by atoms with Gasteiger partial charge in [-0.25, -0.2) is 4.98 Å². The van der Waals surface area contributed by atoms with Crippen LogP contribution in [0, 0.1) is 0 Å². The van der Waals surface area contributed by atoms with E-state index in [9.17, 15) is 5.11 Å². The Hall–Kier alpha value is -1.44. The molecule has 118 valence electrons. The molecule has 2 aromatic heterocycles. The average Bonchev–Trinajstić information content (AvgIpc) is 3.04. The van der Waals surface area contributed by atoms with Crippen LogP contribution in [0.3, 0.4) is 0 Å². The minimum atomic E-state index is -0.518. The van der Waals surface area contributed by atoms with Crippen LogP contribution in [0.25, 0.3) is 11.4 Å². The number of pyridine rings is 1. The summed E-state index contributed by atoms with van der Waals surface area (Å²) in [5.41, 5.74) is 0.954. The molecule has 6 nitrogen and oxygen atoms in total. The van der Waals surface area contributed by atoms with Crippen molar-refractivity contribution < 1.29 is 5.11 Å². The number of nitrogens with zero attached hydrogens (tertiary/aromatic N) is 3. The van der Waals surface area contributed by atoms with Gasteiger partial charge in [0.2, 0.25) is 5.16 Å². The summed E-state index contributed by atoms with van der Waals surface area (Å²) >= 11 is 1.45. The molecule has 3 N–H and O–H groups in total. The molecule has 7 heteroatoms. The average molecular weight is 319 g/mol. The lowest BCUT2D eigenvalue weighted by atomic mass is 9.95. The Labute approximate surface area is 134 Å². The summed E-state index contributed by atoms with van der Waals surface area (Å²) in [5.74, 6) is 1.27. The van der Waals surface area contributed by atoms with Gasteiger partial charge in [0.1, 0.15) is 6.23 Å². The van der Waals surface area contributed by atoms with Crippen LogP contribution in [0.5, 0.6) is 0 Å². The first-order valence-corrected chi connectivity index (χ1v) is 8.69. The number of rotatable bonds is 6. The van der Waals surface area contributed by atoms with Gasteiger partial charge in [0.05, 0.1) is 0 Å². The molecule has 2 aromatic rings. The van der Waals surface area contributed by atoms with Crippen molar-refractivity contribution in [1.29, 1.82) is 0 Å². The largest absolute Gasteiger partial charge is 0.378 e. The number of H-pyrrole nitrogens is 1. The standard InChI is InChI=1S/C15H21N5OS/c21-13(17-12-4-2-1-3-5-12)10-22-15-18-14(19-20-15)11-6-8-16-9-7-11/h6-9,12-13,17,21H,1-5,10H2,(H,18,19,20). The Bertz CT molecular complexity index is 570. The number of hydrogen-bond donors (Lipinski definition) is 3. The molecule has 1 fully saturated rings. The first-order valence-electron chi connectivity index (χ1n) is 7.71. The highest BCUT2D eigenvalue weighted by molar-refractivity contribution is 7.99. The van der Waals surface area contributed by atoms with E-state index in [1.54, 1.807) is 12.4 Å². The lowest BCUT2D eigenvalue weighted by molar-refractivity contribution is 0.134. The van der Waals surface area contributed by atoms with Gasteiger partial charge in [-0.3, -0.25) is 15.4 Å². The van der Waals surface area contributed by atoms with Gasteiger partial charge >= 0.3 is 0 Å². The highest BCUT2D eigenvalue weighted by Crippen LogP contribution is 2.20. The van der Waals surface area contributed by atoms with Crippen molar-refractivity contribution >= 4 is 11.8 Å². The predicted octanol–water partition coefficient (Wildman–Crippen LogP) is 2.20. The molecule has 0 aromatic carbocycles. The second-order valence-corrected chi connectivity index (χ2v) is 6.52. The Balaban J connectivity index is 1.48. The molecule has 0 spiro atoms. The van der Waals surface area contributed by atoms with Gasteiger partial charge in [-0.1, -0.05) is 31.0 Å². The maximum Gasteiger partial charge on any atom is 0.208 e. The smallest absolute Gasteiger partial charge is 0.208 e. The Morgan fingerprint density at radius 2 is 2.05 bits per heavy atom. The van der Waals surface area contributed by atoms with Crippen LogP contribution in [-0.4, -0.2) is 43.3 Å². The summed E-state index contributed by atoms with van der Waals surface area (Å²) in [7, 11) is 0. The Morgan fingerprint density at radius 3 is 2.82 bits per heavy atom. The van der Waals surface area contributed by atoms with E-state index >= 15 is 0 Å². The number of nitrogens with one attached hydrogen (secondary N) is 2. The highest BCUT2D eigenvalue weighted by atomic mass is 32.2. The highest BCUT2D eigenvalue weighted by Gasteiger charge is 2.17. The van der Waals surface area contributed by atoms with E-state index in [0.717, 1.165) is 24.2 Å². The van der Waals surface area contributed by atoms with Crippen LogP contribution in [-0.2, 0) is 0 Å². The predicted molar refractivity (Wildman–Crippen MR) is 86.4 cm³/mol. The Kier molecular flexibility index (Phi) is 5.42. The molecule has 0 bridgehead atoms. The lowest BCUT2D eigenvalue weighted by Crippen LogP contribution is -2.40. The van der Waals surface area contributed by atoms with Crippen LogP contribution in [0.15, 0.2) is 29.7 Å². The molecule has 0 amide bonds. The van der Waals surface area contributed by atoms with Crippen molar-refractivity contribution in [2.45, 2.75) is 49.5 Å². The third kappa shape index (κ3) is 4.28. The molecule has 1 aliphatic carbocycles. The van der Waals surface area contributed by atoms with E-state index in [1.165, 1.54) is 31.0 Å². The maximum atomic E-state index is 10.1. The molecule has 1 aliphatic rings. The number of aromatic amines is 1. The van der Waals surface area contributed by atoms with Crippen molar-refractivity contribution in [3.63, 3.8) is 0 Å². The summed E-state index contributed by atoms with van der Waals surface area (Å²) in [4.78, 5) is 8.41. The van der Waals surface area contributed by atoms with Gasteiger partial charge in [-0.2, -0.15) is 0 Å². The fourth-order valence-electron chi connectivity index (χ4n) is 2.69. The van der Waals surface area contributed by atoms with E-state index in [2.05, 4.69) is 25.5 Å². The van der Waals surface area contributed by atoms with Gasteiger partial charge in [0, 0.05) is 29.8 Å². The van der Waals surface area contributed by atoms with Crippen molar-refractivity contribution in [1.82, 2.24) is 25.5 Å². The zero-order chi connectivity index (χ0) is 15.2. The minimum absolute atomic E-state index is 0.448. The zero-order valence-corrected chi connectivity index (χ0v) is 13.2.